The lowest BCUT2D eigenvalue weighted by molar-refractivity contribution is 0.0745. The van der Waals surface area contributed by atoms with Gasteiger partial charge in [0.25, 0.3) is 5.91 Å². The number of anilines is 1. The van der Waals surface area contributed by atoms with Gasteiger partial charge in [0.1, 0.15) is 12.1 Å². The van der Waals surface area contributed by atoms with Gasteiger partial charge < -0.3 is 14.5 Å². The third-order valence-electron chi connectivity index (χ3n) is 4.67. The number of ether oxygens (including phenoxy) is 1. The van der Waals surface area contributed by atoms with Gasteiger partial charge in [-0.2, -0.15) is 0 Å². The van der Waals surface area contributed by atoms with Crippen LogP contribution in [0.5, 0.6) is 11.6 Å². The van der Waals surface area contributed by atoms with Crippen molar-refractivity contribution in [2.24, 2.45) is 0 Å². The van der Waals surface area contributed by atoms with E-state index in [9.17, 15) is 9.18 Å². The van der Waals surface area contributed by atoms with Crippen LogP contribution in [0.25, 0.3) is 0 Å². The van der Waals surface area contributed by atoms with Gasteiger partial charge in [0.05, 0.1) is 5.56 Å². The van der Waals surface area contributed by atoms with E-state index in [2.05, 4.69) is 30.8 Å². The third kappa shape index (κ3) is 4.37. The number of benzene rings is 2. The lowest BCUT2D eigenvalue weighted by Crippen LogP contribution is -2.49. The number of rotatable bonds is 4. The van der Waals surface area contributed by atoms with E-state index in [1.807, 2.05) is 29.2 Å². The van der Waals surface area contributed by atoms with Crippen molar-refractivity contribution in [3.63, 3.8) is 0 Å². The van der Waals surface area contributed by atoms with Crippen LogP contribution in [-0.2, 0) is 0 Å². The molecule has 0 spiro atoms. The Bertz CT molecular complexity index is 1020. The molecule has 1 saturated heterocycles. The number of hydrogen-bond acceptors (Lipinski definition) is 5. The Balaban J connectivity index is 1.42. The number of halogens is 2. The summed E-state index contributed by atoms with van der Waals surface area (Å²) < 4.78 is 20.1. The molecule has 6 nitrogen and oxygen atoms in total. The first-order chi connectivity index (χ1) is 14.1. The van der Waals surface area contributed by atoms with Crippen molar-refractivity contribution < 1.29 is 13.9 Å². The van der Waals surface area contributed by atoms with Crippen molar-refractivity contribution in [3.8, 4) is 11.6 Å². The van der Waals surface area contributed by atoms with Crippen LogP contribution in [0.4, 0.5) is 10.2 Å². The number of para-hydroxylation sites is 1. The van der Waals surface area contributed by atoms with E-state index in [4.69, 9.17) is 4.74 Å². The zero-order valence-corrected chi connectivity index (χ0v) is 17.0. The van der Waals surface area contributed by atoms with Crippen LogP contribution in [0.3, 0.4) is 0 Å². The lowest BCUT2D eigenvalue weighted by atomic mass is 10.2. The summed E-state index contributed by atoms with van der Waals surface area (Å²) in [5.74, 6) is 0.613. The van der Waals surface area contributed by atoms with E-state index >= 15 is 0 Å². The van der Waals surface area contributed by atoms with Gasteiger partial charge in [-0.3, -0.25) is 4.79 Å². The Morgan fingerprint density at radius 3 is 2.48 bits per heavy atom. The highest BCUT2D eigenvalue weighted by Crippen LogP contribution is 2.25. The van der Waals surface area contributed by atoms with E-state index in [0.29, 0.717) is 37.6 Å². The van der Waals surface area contributed by atoms with Gasteiger partial charge in [-0.05, 0) is 40.2 Å². The van der Waals surface area contributed by atoms with Crippen LogP contribution < -0.4 is 9.64 Å². The predicted octanol–water partition coefficient (Wildman–Crippen LogP) is 4.13. The van der Waals surface area contributed by atoms with Gasteiger partial charge in [-0.25, -0.2) is 14.4 Å². The van der Waals surface area contributed by atoms with Crippen LogP contribution in [0.2, 0.25) is 0 Å². The van der Waals surface area contributed by atoms with E-state index in [0.717, 1.165) is 4.47 Å². The molecule has 1 aliphatic rings. The molecular weight excluding hydrogens is 439 g/mol. The molecule has 29 heavy (non-hydrogen) atoms. The summed E-state index contributed by atoms with van der Waals surface area (Å²) in [6.07, 6.45) is 1.39. The van der Waals surface area contributed by atoms with Gasteiger partial charge in [-0.15, -0.1) is 0 Å². The second-order valence-corrected chi connectivity index (χ2v) is 7.36. The fraction of sp³-hybridized carbons (Fsp3) is 0.190. The maximum atomic E-state index is 13.8. The molecule has 1 fully saturated rings. The minimum absolute atomic E-state index is 0.00314. The summed E-state index contributed by atoms with van der Waals surface area (Å²) in [7, 11) is 0. The van der Waals surface area contributed by atoms with Crippen molar-refractivity contribution >= 4 is 27.7 Å². The zero-order chi connectivity index (χ0) is 20.2. The molecule has 1 aliphatic heterocycles. The number of carbonyl (C=O) groups excluding carboxylic acids is 1. The molecule has 2 heterocycles. The second-order valence-electron chi connectivity index (χ2n) is 6.51. The summed E-state index contributed by atoms with van der Waals surface area (Å²) in [4.78, 5) is 25.0. The Morgan fingerprint density at radius 1 is 1.00 bits per heavy atom. The van der Waals surface area contributed by atoms with Crippen molar-refractivity contribution in [2.75, 3.05) is 31.1 Å². The van der Waals surface area contributed by atoms with Crippen LogP contribution in [-0.4, -0.2) is 47.0 Å². The highest BCUT2D eigenvalue weighted by molar-refractivity contribution is 9.10. The first-order valence-electron chi connectivity index (χ1n) is 9.15. The predicted molar refractivity (Wildman–Crippen MR) is 111 cm³/mol. The quantitative estimate of drug-likeness (QED) is 0.590. The van der Waals surface area contributed by atoms with Gasteiger partial charge in [0, 0.05) is 36.7 Å². The average Bonchev–Trinajstić information content (AvgIpc) is 2.76. The monoisotopic (exact) mass is 456 g/mol. The smallest absolute Gasteiger partial charge is 0.255 e. The maximum Gasteiger partial charge on any atom is 0.255 e. The molecule has 148 valence electrons. The highest BCUT2D eigenvalue weighted by atomic mass is 79.9. The molecule has 4 rings (SSSR count). The SMILES string of the molecule is O=C(c1ccccc1Br)N1CCN(c2cc(Oc3ccccc3F)ncn2)CC1. The van der Waals surface area contributed by atoms with Gasteiger partial charge in [0.15, 0.2) is 11.6 Å². The standard InChI is InChI=1S/C21H18BrFN4O2/c22-16-6-2-1-5-15(16)21(28)27-11-9-26(10-12-27)19-13-20(25-14-24-19)29-18-8-4-3-7-17(18)23/h1-8,13-14H,9-12H2. The number of aromatic nitrogens is 2. The van der Waals surface area contributed by atoms with Gasteiger partial charge in [-0.1, -0.05) is 24.3 Å². The van der Waals surface area contributed by atoms with Crippen LogP contribution in [0, 0.1) is 5.82 Å². The Labute approximate surface area is 176 Å². The fourth-order valence-corrected chi connectivity index (χ4v) is 3.60. The van der Waals surface area contributed by atoms with Crippen molar-refractivity contribution in [1.29, 1.82) is 0 Å². The molecular formula is C21H18BrFN4O2. The number of amides is 1. The molecule has 2 aromatic carbocycles. The largest absolute Gasteiger partial charge is 0.436 e. The zero-order valence-electron chi connectivity index (χ0n) is 15.5. The van der Waals surface area contributed by atoms with Crippen LogP contribution in [0.1, 0.15) is 10.4 Å². The van der Waals surface area contributed by atoms with Crippen molar-refractivity contribution in [1.82, 2.24) is 14.9 Å². The number of carbonyl (C=O) groups is 1. The molecule has 0 aliphatic carbocycles. The minimum atomic E-state index is -0.452. The molecule has 0 saturated carbocycles. The third-order valence-corrected chi connectivity index (χ3v) is 5.37. The molecule has 0 N–H and O–H groups in total. The molecule has 0 atom stereocenters. The van der Waals surface area contributed by atoms with Gasteiger partial charge >= 0.3 is 0 Å². The van der Waals surface area contributed by atoms with Crippen molar-refractivity contribution in [3.05, 3.63) is 76.8 Å². The molecule has 3 aromatic rings. The number of piperazine rings is 1. The normalized spacial score (nSPS) is 14.0. The first-order valence-corrected chi connectivity index (χ1v) is 9.94. The average molecular weight is 457 g/mol. The van der Waals surface area contributed by atoms with E-state index in [-0.39, 0.29) is 17.5 Å². The summed E-state index contributed by atoms with van der Waals surface area (Å²) in [5, 5.41) is 0. The highest BCUT2D eigenvalue weighted by Gasteiger charge is 2.24. The molecule has 0 bridgehead atoms. The number of hydrogen-bond donors (Lipinski definition) is 0. The summed E-state index contributed by atoms with van der Waals surface area (Å²) >= 11 is 3.44. The van der Waals surface area contributed by atoms with E-state index < -0.39 is 5.82 Å². The molecule has 1 aromatic heterocycles. The topological polar surface area (TPSA) is 58.6 Å². The Hall–Kier alpha value is -3.00. The van der Waals surface area contributed by atoms with Crippen LogP contribution >= 0.6 is 15.9 Å². The molecule has 1 amide bonds. The fourth-order valence-electron chi connectivity index (χ4n) is 3.14. The molecule has 0 radical (unpaired) electrons. The lowest BCUT2D eigenvalue weighted by Gasteiger charge is -2.35. The summed E-state index contributed by atoms with van der Waals surface area (Å²) in [5.41, 5.74) is 0.656. The second kappa shape index (κ2) is 8.57. The Kier molecular flexibility index (Phi) is 5.71. The first kappa shape index (κ1) is 19.3. The van der Waals surface area contributed by atoms with E-state index in [1.165, 1.54) is 12.4 Å². The van der Waals surface area contributed by atoms with Crippen molar-refractivity contribution in [2.45, 2.75) is 0 Å². The number of nitrogens with zero attached hydrogens (tertiary/aromatic N) is 4. The maximum absolute atomic E-state index is 13.8. The van der Waals surface area contributed by atoms with Gasteiger partial charge in [0.2, 0.25) is 5.88 Å². The summed E-state index contributed by atoms with van der Waals surface area (Å²) in [6, 6.07) is 15.3. The van der Waals surface area contributed by atoms with Crippen LogP contribution in [0.15, 0.2) is 65.4 Å². The summed E-state index contributed by atoms with van der Waals surface area (Å²) in [6.45, 7) is 2.42. The Morgan fingerprint density at radius 2 is 1.72 bits per heavy atom. The van der Waals surface area contributed by atoms with E-state index in [1.54, 1.807) is 24.3 Å². The molecule has 0 unspecified atom stereocenters. The minimum Gasteiger partial charge on any atom is -0.436 e. The molecule has 8 heteroatoms.